The second-order valence-electron chi connectivity index (χ2n) is 7.00. The minimum atomic E-state index is -4.09. The molecule has 0 radical (unpaired) electrons. The summed E-state index contributed by atoms with van der Waals surface area (Å²) in [6.07, 6.45) is 0. The molecule has 32 heavy (non-hydrogen) atoms. The summed E-state index contributed by atoms with van der Waals surface area (Å²) in [5, 5.41) is 12.7. The Morgan fingerprint density at radius 1 is 1.09 bits per heavy atom. The maximum atomic E-state index is 13.3. The van der Waals surface area contributed by atoms with Gasteiger partial charge in [0.25, 0.3) is 5.91 Å². The van der Waals surface area contributed by atoms with Crippen molar-refractivity contribution in [3.8, 4) is 22.6 Å². The van der Waals surface area contributed by atoms with Gasteiger partial charge in [-0.2, -0.15) is 0 Å². The number of carbonyl (C=O) groups excluding carboxylic acids is 1. The van der Waals surface area contributed by atoms with Crippen molar-refractivity contribution >= 4 is 27.3 Å². The van der Waals surface area contributed by atoms with E-state index in [2.05, 4.69) is 5.32 Å². The van der Waals surface area contributed by atoms with Crippen molar-refractivity contribution < 1.29 is 23.1 Å². The zero-order chi connectivity index (χ0) is 23.3. The summed E-state index contributed by atoms with van der Waals surface area (Å²) in [5.41, 5.74) is 7.53. The van der Waals surface area contributed by atoms with Gasteiger partial charge >= 0.3 is 0 Å². The number of phenols is 1. The number of halogens is 1. The lowest BCUT2D eigenvalue weighted by Crippen LogP contribution is -2.29. The Kier molecular flexibility index (Phi) is 7.40. The molecule has 0 saturated carbocycles. The first-order valence-electron chi connectivity index (χ1n) is 9.72. The van der Waals surface area contributed by atoms with E-state index < -0.39 is 32.1 Å². The Morgan fingerprint density at radius 3 is 2.47 bits per heavy atom. The highest BCUT2D eigenvalue weighted by Gasteiger charge is 2.25. The number of phenolic OH excluding ortho intramolecular Hbond substituents is 1. The van der Waals surface area contributed by atoms with Gasteiger partial charge in [-0.3, -0.25) is 4.79 Å². The molecule has 0 heterocycles. The predicted molar refractivity (Wildman–Crippen MR) is 124 cm³/mol. The van der Waals surface area contributed by atoms with Crippen molar-refractivity contribution in [2.24, 2.45) is 5.73 Å². The largest absolute Gasteiger partial charge is 0.505 e. The van der Waals surface area contributed by atoms with Gasteiger partial charge < -0.3 is 20.9 Å². The third-order valence-electron chi connectivity index (χ3n) is 4.79. The Bertz CT molecular complexity index is 1230. The van der Waals surface area contributed by atoms with Crippen molar-refractivity contribution in [3.63, 3.8) is 0 Å². The van der Waals surface area contributed by atoms with Crippen LogP contribution in [0.1, 0.15) is 15.9 Å². The summed E-state index contributed by atoms with van der Waals surface area (Å²) in [4.78, 5) is 11.8. The van der Waals surface area contributed by atoms with Crippen LogP contribution in [-0.2, 0) is 15.6 Å². The molecule has 9 heteroatoms. The second kappa shape index (κ2) is 10.0. The van der Waals surface area contributed by atoms with E-state index in [9.17, 15) is 18.3 Å². The van der Waals surface area contributed by atoms with Crippen LogP contribution in [0.2, 0.25) is 5.02 Å². The van der Waals surface area contributed by atoms with Crippen molar-refractivity contribution in [2.45, 2.75) is 10.6 Å². The average molecular weight is 475 g/mol. The molecule has 0 aliphatic heterocycles. The number of methoxy groups -OCH3 is 1. The van der Waals surface area contributed by atoms with Crippen LogP contribution in [0.4, 0.5) is 0 Å². The van der Waals surface area contributed by atoms with Crippen molar-refractivity contribution in [1.82, 2.24) is 5.32 Å². The maximum absolute atomic E-state index is 13.3. The van der Waals surface area contributed by atoms with Crippen LogP contribution in [-0.4, -0.2) is 39.6 Å². The molecular weight excluding hydrogens is 452 g/mol. The Hall–Kier alpha value is -3.07. The number of sulfone groups is 1. The average Bonchev–Trinajstić information content (AvgIpc) is 2.79. The zero-order valence-corrected chi connectivity index (χ0v) is 18.9. The molecule has 168 valence electrons. The molecular formula is C23H23ClN2O5S. The van der Waals surface area contributed by atoms with Crippen molar-refractivity contribution in [1.29, 1.82) is 0 Å². The van der Waals surface area contributed by atoms with Gasteiger partial charge in [0.1, 0.15) is 10.6 Å². The van der Waals surface area contributed by atoms with Gasteiger partial charge in [-0.1, -0.05) is 48.0 Å². The van der Waals surface area contributed by atoms with Crippen LogP contribution in [0.5, 0.6) is 11.5 Å². The fraction of sp³-hybridized carbons (Fsp3) is 0.174. The fourth-order valence-electron chi connectivity index (χ4n) is 3.21. The quantitative estimate of drug-likeness (QED) is 0.460. The highest BCUT2D eigenvalue weighted by atomic mass is 35.5. The molecule has 0 aromatic heterocycles. The number of amides is 1. The van der Waals surface area contributed by atoms with Crippen LogP contribution in [0, 0.1) is 0 Å². The highest BCUT2D eigenvalue weighted by Crippen LogP contribution is 2.36. The smallest absolute Gasteiger partial charge is 0.251 e. The lowest BCUT2D eigenvalue weighted by Gasteiger charge is -2.14. The number of nitrogens with one attached hydrogen (secondary N) is 1. The molecule has 3 rings (SSSR count). The standard InChI is InChI=1S/C23H23ClN2O5S/c1-31-20-8-7-16(15-5-3-2-4-6-15)11-18(20)14-32(29,30)21-13-17(12-19(24)22(21)27)23(28)26-10-9-25/h2-8,11-13,27H,9-10,14,25H2,1H3,(H,26,28). The third kappa shape index (κ3) is 5.21. The lowest BCUT2D eigenvalue weighted by molar-refractivity contribution is 0.0954. The van der Waals surface area contributed by atoms with Gasteiger partial charge in [-0.25, -0.2) is 8.42 Å². The molecule has 3 aromatic rings. The number of hydrogen-bond donors (Lipinski definition) is 3. The first-order valence-corrected chi connectivity index (χ1v) is 11.8. The molecule has 0 saturated heterocycles. The van der Waals surface area contributed by atoms with Crippen molar-refractivity contribution in [3.05, 3.63) is 76.8 Å². The molecule has 7 nitrogen and oxygen atoms in total. The Labute approximate surface area is 191 Å². The summed E-state index contributed by atoms with van der Waals surface area (Å²) in [7, 11) is -2.64. The Morgan fingerprint density at radius 2 is 1.81 bits per heavy atom. The SMILES string of the molecule is COc1ccc(-c2ccccc2)cc1CS(=O)(=O)c1cc(C(=O)NCCN)cc(Cl)c1O. The first kappa shape index (κ1) is 23.6. The van der Waals surface area contributed by atoms with Crippen LogP contribution < -0.4 is 15.8 Å². The molecule has 0 unspecified atom stereocenters. The molecule has 4 N–H and O–H groups in total. The topological polar surface area (TPSA) is 119 Å². The lowest BCUT2D eigenvalue weighted by atomic mass is 10.0. The van der Waals surface area contributed by atoms with Crippen LogP contribution >= 0.6 is 11.6 Å². The molecule has 0 aliphatic carbocycles. The van der Waals surface area contributed by atoms with Gasteiger partial charge in [-0.15, -0.1) is 0 Å². The van der Waals surface area contributed by atoms with E-state index in [0.717, 1.165) is 17.2 Å². The molecule has 0 bridgehead atoms. The third-order valence-corrected chi connectivity index (χ3v) is 6.75. The molecule has 0 spiro atoms. The molecule has 0 aliphatic rings. The minimum absolute atomic E-state index is 0.00447. The highest BCUT2D eigenvalue weighted by molar-refractivity contribution is 7.90. The van der Waals surface area contributed by atoms with Gasteiger partial charge in [0.2, 0.25) is 0 Å². The summed E-state index contributed by atoms with van der Waals surface area (Å²) in [5.74, 6) is -1.23. The summed E-state index contributed by atoms with van der Waals surface area (Å²) in [6.45, 7) is 0.434. The first-order chi connectivity index (χ1) is 15.3. The van der Waals surface area contributed by atoms with Gasteiger partial charge in [0.15, 0.2) is 15.6 Å². The molecule has 0 atom stereocenters. The minimum Gasteiger partial charge on any atom is -0.505 e. The van der Waals surface area contributed by atoms with Crippen LogP contribution in [0.3, 0.4) is 0 Å². The molecule has 3 aromatic carbocycles. The van der Waals surface area contributed by atoms with E-state index in [1.54, 1.807) is 12.1 Å². The molecule has 0 fully saturated rings. The van der Waals surface area contributed by atoms with Gasteiger partial charge in [-0.05, 0) is 35.4 Å². The maximum Gasteiger partial charge on any atom is 0.251 e. The van der Waals surface area contributed by atoms with Gasteiger partial charge in [0.05, 0.1) is 17.9 Å². The van der Waals surface area contributed by atoms with E-state index >= 15 is 0 Å². The number of carbonyl (C=O) groups is 1. The van der Waals surface area contributed by atoms with Crippen LogP contribution in [0.25, 0.3) is 11.1 Å². The van der Waals surface area contributed by atoms with E-state index in [-0.39, 0.29) is 23.7 Å². The second-order valence-corrected chi connectivity index (χ2v) is 9.37. The molecule has 1 amide bonds. The van der Waals surface area contributed by atoms with E-state index in [1.807, 2.05) is 36.4 Å². The van der Waals surface area contributed by atoms with E-state index in [1.165, 1.54) is 13.2 Å². The van der Waals surface area contributed by atoms with Gasteiger partial charge in [0, 0.05) is 24.2 Å². The zero-order valence-electron chi connectivity index (χ0n) is 17.3. The van der Waals surface area contributed by atoms with E-state index in [4.69, 9.17) is 22.1 Å². The number of ether oxygens (including phenoxy) is 1. The number of aromatic hydroxyl groups is 1. The van der Waals surface area contributed by atoms with Crippen LogP contribution in [0.15, 0.2) is 65.6 Å². The number of benzene rings is 3. The number of hydrogen-bond acceptors (Lipinski definition) is 6. The monoisotopic (exact) mass is 474 g/mol. The summed E-state index contributed by atoms with van der Waals surface area (Å²) in [6, 6.07) is 17.1. The normalized spacial score (nSPS) is 11.2. The number of nitrogens with two attached hydrogens (primary N) is 1. The summed E-state index contributed by atoms with van der Waals surface area (Å²) >= 11 is 6.03. The Balaban J connectivity index is 2.02. The fourth-order valence-corrected chi connectivity index (χ4v) is 4.99. The number of rotatable bonds is 8. The van der Waals surface area contributed by atoms with Crippen molar-refractivity contribution in [2.75, 3.05) is 20.2 Å². The van der Waals surface area contributed by atoms with E-state index in [0.29, 0.717) is 11.3 Å². The summed E-state index contributed by atoms with van der Waals surface area (Å²) < 4.78 is 31.9. The predicted octanol–water partition coefficient (Wildman–Crippen LogP) is 3.38.